The summed E-state index contributed by atoms with van der Waals surface area (Å²) in [4.78, 5) is 0. The monoisotopic (exact) mass is 345 g/mol. The summed E-state index contributed by atoms with van der Waals surface area (Å²) in [6.07, 6.45) is 0. The van der Waals surface area contributed by atoms with Gasteiger partial charge in [-0.1, -0.05) is 11.6 Å². The normalized spacial score (nSPS) is 10.3. The van der Waals surface area contributed by atoms with Crippen LogP contribution in [-0.2, 0) is 0 Å². The SMILES string of the molecule is COc1cc(N)cc(Oc2cc(F)c(Cl)cc2Br)c1. The predicted molar refractivity (Wildman–Crippen MR) is 76.6 cm³/mol. The maximum atomic E-state index is 13.4. The molecule has 0 amide bonds. The Bertz CT molecular complexity index is 622. The number of methoxy groups -OCH3 is 1. The average molecular weight is 347 g/mol. The van der Waals surface area contributed by atoms with Crippen LogP contribution < -0.4 is 15.2 Å². The van der Waals surface area contributed by atoms with Crippen molar-refractivity contribution in [2.24, 2.45) is 0 Å². The van der Waals surface area contributed by atoms with Gasteiger partial charge in [-0.15, -0.1) is 0 Å². The molecule has 2 aromatic rings. The Hall–Kier alpha value is -1.46. The Balaban J connectivity index is 2.36. The van der Waals surface area contributed by atoms with Crippen LogP contribution in [0.2, 0.25) is 5.02 Å². The molecule has 0 fully saturated rings. The van der Waals surface area contributed by atoms with Gasteiger partial charge in [0.15, 0.2) is 0 Å². The second-order valence-corrected chi connectivity index (χ2v) is 5.00. The smallest absolute Gasteiger partial charge is 0.145 e. The molecule has 0 atom stereocenters. The molecule has 2 aromatic carbocycles. The number of benzene rings is 2. The minimum atomic E-state index is -0.560. The Kier molecular flexibility index (Phi) is 4.17. The highest BCUT2D eigenvalue weighted by atomic mass is 79.9. The molecule has 6 heteroatoms. The molecule has 0 radical (unpaired) electrons. The third kappa shape index (κ3) is 3.30. The highest BCUT2D eigenvalue weighted by molar-refractivity contribution is 9.10. The summed E-state index contributed by atoms with van der Waals surface area (Å²) in [6, 6.07) is 7.54. The first-order valence-electron chi connectivity index (χ1n) is 5.26. The van der Waals surface area contributed by atoms with Crippen molar-refractivity contribution in [2.45, 2.75) is 0 Å². The van der Waals surface area contributed by atoms with E-state index in [1.807, 2.05) is 0 Å². The second-order valence-electron chi connectivity index (χ2n) is 3.74. The highest BCUT2D eigenvalue weighted by Gasteiger charge is 2.10. The Morgan fingerprint density at radius 1 is 1.16 bits per heavy atom. The Morgan fingerprint density at radius 2 is 1.84 bits per heavy atom. The largest absolute Gasteiger partial charge is 0.497 e. The standard InChI is InChI=1S/C13H10BrClFNO2/c1-18-8-2-7(17)3-9(4-8)19-13-6-12(16)11(15)5-10(13)14/h2-6H,17H2,1H3. The minimum Gasteiger partial charge on any atom is -0.497 e. The number of halogens is 3. The average Bonchev–Trinajstić information content (AvgIpc) is 2.35. The lowest BCUT2D eigenvalue weighted by Crippen LogP contribution is -1.92. The molecule has 0 saturated heterocycles. The summed E-state index contributed by atoms with van der Waals surface area (Å²) < 4.78 is 24.6. The summed E-state index contributed by atoms with van der Waals surface area (Å²) in [5.41, 5.74) is 6.20. The summed E-state index contributed by atoms with van der Waals surface area (Å²) >= 11 is 8.92. The Morgan fingerprint density at radius 3 is 2.53 bits per heavy atom. The van der Waals surface area contributed by atoms with Gasteiger partial charge in [0.05, 0.1) is 16.6 Å². The van der Waals surface area contributed by atoms with Crippen LogP contribution in [0.4, 0.5) is 10.1 Å². The zero-order valence-electron chi connectivity index (χ0n) is 9.91. The number of hydrogen-bond donors (Lipinski definition) is 1. The molecule has 0 heterocycles. The van der Waals surface area contributed by atoms with E-state index >= 15 is 0 Å². The number of anilines is 1. The van der Waals surface area contributed by atoms with Crippen LogP contribution in [0.25, 0.3) is 0 Å². The first-order valence-corrected chi connectivity index (χ1v) is 6.43. The molecule has 0 aliphatic rings. The molecule has 2 rings (SSSR count). The fourth-order valence-electron chi connectivity index (χ4n) is 1.48. The molecule has 19 heavy (non-hydrogen) atoms. The van der Waals surface area contributed by atoms with E-state index in [0.29, 0.717) is 27.4 Å². The van der Waals surface area contributed by atoms with Gasteiger partial charge in [0.2, 0.25) is 0 Å². The van der Waals surface area contributed by atoms with Gasteiger partial charge in [-0.2, -0.15) is 0 Å². The Labute approximate surface area is 123 Å². The molecule has 0 aliphatic heterocycles. The quantitative estimate of drug-likeness (QED) is 0.651. The van der Waals surface area contributed by atoms with E-state index in [1.165, 1.54) is 19.2 Å². The summed E-state index contributed by atoms with van der Waals surface area (Å²) in [7, 11) is 1.52. The molecule has 0 spiro atoms. The van der Waals surface area contributed by atoms with Crippen LogP contribution in [0.5, 0.6) is 17.2 Å². The number of hydrogen-bond acceptors (Lipinski definition) is 3. The predicted octanol–water partition coefficient (Wildman–Crippen LogP) is 4.62. The topological polar surface area (TPSA) is 44.5 Å². The summed E-state index contributed by atoms with van der Waals surface area (Å²) in [5.74, 6) is 0.741. The summed E-state index contributed by atoms with van der Waals surface area (Å²) in [5, 5.41) is 0.0179. The molecule has 0 aliphatic carbocycles. The molecule has 0 aromatic heterocycles. The molecule has 0 bridgehead atoms. The van der Waals surface area contributed by atoms with E-state index in [1.54, 1.807) is 18.2 Å². The van der Waals surface area contributed by atoms with Gasteiger partial charge in [0.25, 0.3) is 0 Å². The van der Waals surface area contributed by atoms with E-state index in [9.17, 15) is 4.39 Å². The number of nitrogen functional groups attached to an aromatic ring is 1. The highest BCUT2D eigenvalue weighted by Crippen LogP contribution is 2.35. The summed E-state index contributed by atoms with van der Waals surface area (Å²) in [6.45, 7) is 0. The second kappa shape index (κ2) is 5.67. The molecular formula is C13H10BrClFNO2. The van der Waals surface area contributed by atoms with Crippen molar-refractivity contribution in [1.82, 2.24) is 0 Å². The zero-order valence-corrected chi connectivity index (χ0v) is 12.3. The van der Waals surface area contributed by atoms with Crippen LogP contribution in [0, 0.1) is 5.82 Å². The van der Waals surface area contributed by atoms with E-state index in [0.717, 1.165) is 0 Å². The number of rotatable bonds is 3. The van der Waals surface area contributed by atoms with E-state index in [-0.39, 0.29) is 5.02 Å². The van der Waals surface area contributed by atoms with E-state index in [2.05, 4.69) is 15.9 Å². The lowest BCUT2D eigenvalue weighted by molar-refractivity contribution is 0.409. The first kappa shape index (κ1) is 14.0. The van der Waals surface area contributed by atoms with Gasteiger partial charge in [-0.05, 0) is 22.0 Å². The molecule has 2 N–H and O–H groups in total. The maximum Gasteiger partial charge on any atom is 0.145 e. The third-order valence-corrected chi connectivity index (χ3v) is 3.25. The van der Waals surface area contributed by atoms with E-state index in [4.69, 9.17) is 26.8 Å². The molecular weight excluding hydrogens is 337 g/mol. The lowest BCUT2D eigenvalue weighted by Gasteiger charge is -2.10. The molecule has 100 valence electrons. The minimum absolute atomic E-state index is 0.0179. The number of ether oxygens (including phenoxy) is 2. The van der Waals surface area contributed by atoms with Gasteiger partial charge >= 0.3 is 0 Å². The van der Waals surface area contributed by atoms with Crippen molar-refractivity contribution in [3.8, 4) is 17.2 Å². The van der Waals surface area contributed by atoms with Gasteiger partial charge < -0.3 is 15.2 Å². The maximum absolute atomic E-state index is 13.4. The van der Waals surface area contributed by atoms with Crippen molar-refractivity contribution >= 4 is 33.2 Å². The fraction of sp³-hybridized carbons (Fsp3) is 0.0769. The van der Waals surface area contributed by atoms with Crippen molar-refractivity contribution in [3.63, 3.8) is 0 Å². The van der Waals surface area contributed by atoms with Crippen molar-refractivity contribution in [1.29, 1.82) is 0 Å². The molecule has 0 saturated carbocycles. The van der Waals surface area contributed by atoms with Crippen molar-refractivity contribution < 1.29 is 13.9 Å². The van der Waals surface area contributed by atoms with Crippen molar-refractivity contribution in [2.75, 3.05) is 12.8 Å². The van der Waals surface area contributed by atoms with E-state index < -0.39 is 5.82 Å². The van der Waals surface area contributed by atoms with Crippen molar-refractivity contribution in [3.05, 3.63) is 45.6 Å². The number of nitrogens with two attached hydrogens (primary N) is 1. The van der Waals surface area contributed by atoms with Crippen LogP contribution in [0.15, 0.2) is 34.8 Å². The fourth-order valence-corrected chi connectivity index (χ4v) is 2.20. The van der Waals surface area contributed by atoms with Crippen LogP contribution in [-0.4, -0.2) is 7.11 Å². The van der Waals surface area contributed by atoms with Gasteiger partial charge in [-0.3, -0.25) is 0 Å². The van der Waals surface area contributed by atoms with Crippen LogP contribution >= 0.6 is 27.5 Å². The van der Waals surface area contributed by atoms with Crippen LogP contribution in [0.1, 0.15) is 0 Å². The van der Waals surface area contributed by atoms with Gasteiger partial charge in [-0.25, -0.2) is 4.39 Å². The first-order chi connectivity index (χ1) is 8.99. The zero-order chi connectivity index (χ0) is 14.0. The molecule has 0 unspecified atom stereocenters. The third-order valence-electron chi connectivity index (χ3n) is 2.34. The van der Waals surface area contributed by atoms with Gasteiger partial charge in [0.1, 0.15) is 23.1 Å². The molecule has 3 nitrogen and oxygen atoms in total. The van der Waals surface area contributed by atoms with Crippen LogP contribution in [0.3, 0.4) is 0 Å². The lowest BCUT2D eigenvalue weighted by atomic mass is 10.3. The van der Waals surface area contributed by atoms with Gasteiger partial charge in [0, 0.05) is 30.0 Å².